The zero-order chi connectivity index (χ0) is 22.5. The molecule has 1 aliphatic rings. The van der Waals surface area contributed by atoms with Crippen molar-refractivity contribution in [1.29, 1.82) is 0 Å². The van der Waals surface area contributed by atoms with Gasteiger partial charge in [0.05, 0.1) is 12.3 Å². The molecule has 1 aromatic carbocycles. The molecule has 8 heteroatoms. The number of likely N-dealkylation sites (tertiary alicyclic amines) is 1. The van der Waals surface area contributed by atoms with Crippen LogP contribution in [0.2, 0.25) is 0 Å². The van der Waals surface area contributed by atoms with E-state index in [2.05, 4.69) is 27.1 Å². The fraction of sp³-hybridized carbons (Fsp3) is 0.417. The van der Waals surface area contributed by atoms with E-state index in [1.54, 1.807) is 18.3 Å². The second-order valence-corrected chi connectivity index (χ2v) is 9.24. The van der Waals surface area contributed by atoms with E-state index >= 15 is 0 Å². The standard InChI is InChI=1S/C24H29N5O2S/c1-4-31-23(30)19-14-25-21(18-8-6-5-7-9-18)27-22(19)28-24-26-17(3)20(32-24)15-29-12-10-16(2)11-13-29/h5-9,14,16H,4,10-13,15H2,1-3H3,(H,25,26,27,28). The number of hydrogen-bond acceptors (Lipinski definition) is 8. The molecule has 0 saturated carbocycles. The Bertz CT molecular complexity index is 1060. The Balaban J connectivity index is 1.58. The molecule has 0 radical (unpaired) electrons. The van der Waals surface area contributed by atoms with E-state index in [0.29, 0.717) is 22.3 Å². The van der Waals surface area contributed by atoms with Gasteiger partial charge in [-0.05, 0) is 45.7 Å². The summed E-state index contributed by atoms with van der Waals surface area (Å²) in [6.45, 7) is 9.58. The predicted octanol–water partition coefficient (Wildman–Crippen LogP) is 5.06. The third kappa shape index (κ3) is 5.31. The lowest BCUT2D eigenvalue weighted by atomic mass is 9.99. The monoisotopic (exact) mass is 451 g/mol. The van der Waals surface area contributed by atoms with Crippen LogP contribution in [0, 0.1) is 12.8 Å². The summed E-state index contributed by atoms with van der Waals surface area (Å²) < 4.78 is 5.21. The van der Waals surface area contributed by atoms with E-state index in [4.69, 9.17) is 9.72 Å². The first kappa shape index (κ1) is 22.4. The smallest absolute Gasteiger partial charge is 0.343 e. The largest absolute Gasteiger partial charge is 0.462 e. The summed E-state index contributed by atoms with van der Waals surface area (Å²) in [6.07, 6.45) is 4.01. The average Bonchev–Trinajstić information content (AvgIpc) is 3.14. The van der Waals surface area contributed by atoms with E-state index in [0.717, 1.165) is 36.8 Å². The number of anilines is 2. The normalized spacial score (nSPS) is 15.0. The summed E-state index contributed by atoms with van der Waals surface area (Å²) in [5.41, 5.74) is 2.18. The first-order valence-corrected chi connectivity index (χ1v) is 11.9. The molecule has 1 saturated heterocycles. The molecule has 1 fully saturated rings. The highest BCUT2D eigenvalue weighted by Gasteiger charge is 2.21. The van der Waals surface area contributed by atoms with Gasteiger partial charge in [0.2, 0.25) is 0 Å². The minimum Gasteiger partial charge on any atom is -0.462 e. The lowest BCUT2D eigenvalue weighted by Gasteiger charge is -2.29. The average molecular weight is 452 g/mol. The number of ether oxygens (including phenoxy) is 1. The number of carbonyl (C=O) groups excluding carboxylic acids is 1. The molecule has 3 aromatic rings. The van der Waals surface area contributed by atoms with Gasteiger partial charge < -0.3 is 10.1 Å². The Morgan fingerprint density at radius 2 is 1.97 bits per heavy atom. The van der Waals surface area contributed by atoms with Crippen molar-refractivity contribution in [1.82, 2.24) is 19.9 Å². The SMILES string of the molecule is CCOC(=O)c1cnc(-c2ccccc2)nc1Nc1nc(C)c(CN2CCC(C)CC2)s1. The van der Waals surface area contributed by atoms with Gasteiger partial charge in [-0.15, -0.1) is 11.3 Å². The molecule has 0 bridgehead atoms. The van der Waals surface area contributed by atoms with Crippen molar-refractivity contribution in [3.05, 3.63) is 52.7 Å². The Kier molecular flexibility index (Phi) is 7.12. The van der Waals surface area contributed by atoms with Crippen molar-refractivity contribution in [3.63, 3.8) is 0 Å². The number of nitrogens with one attached hydrogen (secondary N) is 1. The van der Waals surface area contributed by atoms with Gasteiger partial charge in [-0.1, -0.05) is 37.3 Å². The van der Waals surface area contributed by atoms with E-state index in [9.17, 15) is 4.79 Å². The van der Waals surface area contributed by atoms with Gasteiger partial charge in [0, 0.05) is 23.2 Å². The Hall–Kier alpha value is -2.84. The minimum atomic E-state index is -0.453. The summed E-state index contributed by atoms with van der Waals surface area (Å²) in [5.74, 6) is 1.30. The molecule has 3 heterocycles. The van der Waals surface area contributed by atoms with Crippen LogP contribution in [0.25, 0.3) is 11.4 Å². The van der Waals surface area contributed by atoms with Crippen molar-refractivity contribution in [2.45, 2.75) is 40.2 Å². The van der Waals surface area contributed by atoms with Crippen LogP contribution in [0.1, 0.15) is 47.6 Å². The quantitative estimate of drug-likeness (QED) is 0.503. The van der Waals surface area contributed by atoms with Crippen molar-refractivity contribution in [2.75, 3.05) is 25.0 Å². The van der Waals surface area contributed by atoms with Gasteiger partial charge in [0.15, 0.2) is 16.8 Å². The van der Waals surface area contributed by atoms with E-state index in [1.807, 2.05) is 37.3 Å². The second-order valence-electron chi connectivity index (χ2n) is 8.15. The fourth-order valence-electron chi connectivity index (χ4n) is 3.71. The fourth-order valence-corrected chi connectivity index (χ4v) is 4.72. The highest BCUT2D eigenvalue weighted by Crippen LogP contribution is 2.30. The van der Waals surface area contributed by atoms with Crippen LogP contribution in [-0.4, -0.2) is 45.5 Å². The van der Waals surface area contributed by atoms with Crippen LogP contribution in [0.3, 0.4) is 0 Å². The molecular formula is C24H29N5O2S. The molecule has 0 aliphatic carbocycles. The van der Waals surface area contributed by atoms with Gasteiger partial charge in [0.1, 0.15) is 5.56 Å². The van der Waals surface area contributed by atoms with E-state index in [1.165, 1.54) is 23.9 Å². The Labute approximate surface area is 192 Å². The first-order valence-electron chi connectivity index (χ1n) is 11.1. The summed E-state index contributed by atoms with van der Waals surface area (Å²) in [4.78, 5) is 30.0. The number of benzene rings is 1. The summed E-state index contributed by atoms with van der Waals surface area (Å²) >= 11 is 1.61. The molecule has 0 atom stereocenters. The number of rotatable bonds is 7. The summed E-state index contributed by atoms with van der Waals surface area (Å²) in [7, 11) is 0. The van der Waals surface area contributed by atoms with Crippen LogP contribution >= 0.6 is 11.3 Å². The molecule has 0 unspecified atom stereocenters. The molecule has 0 spiro atoms. The van der Waals surface area contributed by atoms with Crippen LogP contribution in [-0.2, 0) is 11.3 Å². The molecule has 1 N–H and O–H groups in total. The molecule has 1 aliphatic heterocycles. The van der Waals surface area contributed by atoms with Crippen LogP contribution in [0.4, 0.5) is 10.9 Å². The van der Waals surface area contributed by atoms with Gasteiger partial charge in [-0.25, -0.2) is 19.7 Å². The van der Waals surface area contributed by atoms with Crippen LogP contribution in [0.15, 0.2) is 36.5 Å². The van der Waals surface area contributed by atoms with Crippen molar-refractivity contribution in [3.8, 4) is 11.4 Å². The minimum absolute atomic E-state index is 0.285. The number of hydrogen-bond donors (Lipinski definition) is 1. The number of carbonyl (C=O) groups is 1. The first-order chi connectivity index (χ1) is 15.5. The van der Waals surface area contributed by atoms with Crippen molar-refractivity contribution >= 4 is 28.3 Å². The number of aryl methyl sites for hydroxylation is 1. The number of thiazole rings is 1. The second kappa shape index (κ2) is 10.2. The van der Waals surface area contributed by atoms with Crippen molar-refractivity contribution < 1.29 is 9.53 Å². The lowest BCUT2D eigenvalue weighted by molar-refractivity contribution is 0.0526. The maximum absolute atomic E-state index is 12.5. The number of aromatic nitrogens is 3. The van der Waals surface area contributed by atoms with Gasteiger partial charge in [-0.3, -0.25) is 4.90 Å². The van der Waals surface area contributed by atoms with Gasteiger partial charge in [0.25, 0.3) is 0 Å². The number of nitrogens with zero attached hydrogens (tertiary/aromatic N) is 4. The Morgan fingerprint density at radius 1 is 1.22 bits per heavy atom. The van der Waals surface area contributed by atoms with E-state index < -0.39 is 5.97 Å². The number of piperidine rings is 1. The topological polar surface area (TPSA) is 80.2 Å². The maximum atomic E-state index is 12.5. The van der Waals surface area contributed by atoms with Crippen LogP contribution < -0.4 is 5.32 Å². The third-order valence-corrected chi connectivity index (χ3v) is 6.74. The molecule has 7 nitrogen and oxygen atoms in total. The third-order valence-electron chi connectivity index (χ3n) is 5.68. The molecule has 4 rings (SSSR count). The summed E-state index contributed by atoms with van der Waals surface area (Å²) in [5, 5.41) is 3.98. The van der Waals surface area contributed by atoms with Gasteiger partial charge >= 0.3 is 5.97 Å². The van der Waals surface area contributed by atoms with Crippen molar-refractivity contribution in [2.24, 2.45) is 5.92 Å². The lowest BCUT2D eigenvalue weighted by Crippen LogP contribution is -2.32. The highest BCUT2D eigenvalue weighted by molar-refractivity contribution is 7.15. The molecule has 0 amide bonds. The predicted molar refractivity (Wildman–Crippen MR) is 127 cm³/mol. The van der Waals surface area contributed by atoms with E-state index in [-0.39, 0.29) is 6.61 Å². The molecular weight excluding hydrogens is 422 g/mol. The van der Waals surface area contributed by atoms with Crippen LogP contribution in [0.5, 0.6) is 0 Å². The summed E-state index contributed by atoms with van der Waals surface area (Å²) in [6, 6.07) is 9.69. The zero-order valence-electron chi connectivity index (χ0n) is 18.8. The zero-order valence-corrected chi connectivity index (χ0v) is 19.6. The highest BCUT2D eigenvalue weighted by atomic mass is 32.1. The maximum Gasteiger partial charge on any atom is 0.343 e. The molecule has 168 valence electrons. The molecule has 32 heavy (non-hydrogen) atoms. The Morgan fingerprint density at radius 3 is 2.69 bits per heavy atom. The number of esters is 1. The van der Waals surface area contributed by atoms with Gasteiger partial charge in [-0.2, -0.15) is 0 Å². The molecule has 2 aromatic heterocycles.